The minimum absolute atomic E-state index is 0.00259. The van der Waals surface area contributed by atoms with Gasteiger partial charge in [-0.05, 0) is 25.0 Å². The average molecular weight is 268 g/mol. The summed E-state index contributed by atoms with van der Waals surface area (Å²) in [6, 6.07) is 3.02. The Morgan fingerprint density at radius 2 is 2.16 bits per heavy atom. The molecule has 6 heteroatoms. The molecule has 2 amide bonds. The monoisotopic (exact) mass is 268 g/mol. The molecule has 0 spiro atoms. The van der Waals surface area contributed by atoms with Crippen LogP contribution < -0.4 is 5.32 Å². The van der Waals surface area contributed by atoms with Gasteiger partial charge in [0.1, 0.15) is 0 Å². The lowest BCUT2D eigenvalue weighted by atomic mass is 10.1. The first-order chi connectivity index (χ1) is 8.95. The highest BCUT2D eigenvalue weighted by molar-refractivity contribution is 5.94. The minimum atomic E-state index is -0.344. The molecular weight excluding hydrogens is 248 g/mol. The Labute approximate surface area is 112 Å². The van der Waals surface area contributed by atoms with Gasteiger partial charge < -0.3 is 19.7 Å². The van der Waals surface area contributed by atoms with Gasteiger partial charge in [0.2, 0.25) is 5.91 Å². The Hall–Kier alpha value is -1.82. The first-order valence-electron chi connectivity index (χ1n) is 6.15. The molecule has 0 bridgehead atoms. The van der Waals surface area contributed by atoms with E-state index in [-0.39, 0.29) is 42.7 Å². The number of hydrogen-bond acceptors (Lipinski definition) is 4. The number of amides is 2. The SMILES string of the molecule is CC(CO)C(C)NC(=O)CN(C)C(=O)c1ccco1. The van der Waals surface area contributed by atoms with Crippen LogP contribution in [0.25, 0.3) is 0 Å². The molecule has 1 heterocycles. The molecule has 19 heavy (non-hydrogen) atoms. The number of nitrogens with one attached hydrogen (secondary N) is 1. The van der Waals surface area contributed by atoms with E-state index >= 15 is 0 Å². The van der Waals surface area contributed by atoms with Crippen molar-refractivity contribution in [3.8, 4) is 0 Å². The number of likely N-dealkylation sites (N-methyl/N-ethyl adjacent to an activating group) is 1. The Morgan fingerprint density at radius 3 is 2.68 bits per heavy atom. The lowest BCUT2D eigenvalue weighted by Gasteiger charge is -2.21. The van der Waals surface area contributed by atoms with Crippen molar-refractivity contribution in [2.45, 2.75) is 19.9 Å². The number of nitrogens with zero attached hydrogens (tertiary/aromatic N) is 1. The predicted molar refractivity (Wildman–Crippen MR) is 69.5 cm³/mol. The van der Waals surface area contributed by atoms with E-state index in [0.29, 0.717) is 0 Å². The van der Waals surface area contributed by atoms with Gasteiger partial charge in [-0.15, -0.1) is 0 Å². The number of rotatable bonds is 6. The van der Waals surface area contributed by atoms with Crippen LogP contribution in [0.3, 0.4) is 0 Å². The maximum absolute atomic E-state index is 11.8. The Bertz CT molecular complexity index is 416. The minimum Gasteiger partial charge on any atom is -0.459 e. The van der Waals surface area contributed by atoms with E-state index in [1.807, 2.05) is 13.8 Å². The zero-order valence-electron chi connectivity index (χ0n) is 11.4. The summed E-state index contributed by atoms with van der Waals surface area (Å²) in [5.74, 6) is -0.444. The molecule has 1 rings (SSSR count). The molecule has 2 unspecified atom stereocenters. The topological polar surface area (TPSA) is 82.8 Å². The van der Waals surface area contributed by atoms with E-state index in [0.717, 1.165) is 0 Å². The highest BCUT2D eigenvalue weighted by Gasteiger charge is 2.19. The maximum Gasteiger partial charge on any atom is 0.289 e. The molecule has 0 aliphatic carbocycles. The van der Waals surface area contributed by atoms with Crippen molar-refractivity contribution >= 4 is 11.8 Å². The summed E-state index contributed by atoms with van der Waals surface area (Å²) in [6.45, 7) is 3.60. The summed E-state index contributed by atoms with van der Waals surface area (Å²) in [5, 5.41) is 11.7. The van der Waals surface area contributed by atoms with Crippen molar-refractivity contribution in [3.63, 3.8) is 0 Å². The molecule has 2 atom stereocenters. The van der Waals surface area contributed by atoms with Gasteiger partial charge >= 0.3 is 0 Å². The third kappa shape index (κ3) is 4.40. The summed E-state index contributed by atoms with van der Waals surface area (Å²) in [5.41, 5.74) is 0. The van der Waals surface area contributed by atoms with Crippen LogP contribution in [0.15, 0.2) is 22.8 Å². The van der Waals surface area contributed by atoms with Crippen LogP contribution in [0.2, 0.25) is 0 Å². The van der Waals surface area contributed by atoms with E-state index in [2.05, 4.69) is 5.32 Å². The van der Waals surface area contributed by atoms with Crippen LogP contribution in [0.5, 0.6) is 0 Å². The summed E-state index contributed by atoms with van der Waals surface area (Å²) in [7, 11) is 1.53. The normalized spacial score (nSPS) is 13.7. The molecule has 0 saturated carbocycles. The van der Waals surface area contributed by atoms with E-state index in [1.54, 1.807) is 12.1 Å². The smallest absolute Gasteiger partial charge is 0.289 e. The van der Waals surface area contributed by atoms with Crippen LogP contribution >= 0.6 is 0 Å². The fraction of sp³-hybridized carbons (Fsp3) is 0.538. The molecule has 0 aromatic carbocycles. The van der Waals surface area contributed by atoms with Gasteiger partial charge in [-0.1, -0.05) is 6.92 Å². The molecule has 0 fully saturated rings. The van der Waals surface area contributed by atoms with Crippen molar-refractivity contribution in [1.29, 1.82) is 0 Å². The zero-order valence-corrected chi connectivity index (χ0v) is 11.4. The van der Waals surface area contributed by atoms with Crippen molar-refractivity contribution in [1.82, 2.24) is 10.2 Å². The fourth-order valence-corrected chi connectivity index (χ4v) is 1.48. The molecule has 106 valence electrons. The third-order valence-corrected chi connectivity index (χ3v) is 2.99. The van der Waals surface area contributed by atoms with Gasteiger partial charge in [0.05, 0.1) is 12.8 Å². The lowest BCUT2D eigenvalue weighted by molar-refractivity contribution is -0.122. The van der Waals surface area contributed by atoms with Crippen molar-refractivity contribution in [2.75, 3.05) is 20.2 Å². The second kappa shape index (κ2) is 6.94. The van der Waals surface area contributed by atoms with Crippen LogP contribution in [-0.4, -0.2) is 48.1 Å². The number of furan rings is 1. The lowest BCUT2D eigenvalue weighted by Crippen LogP contribution is -2.44. The second-order valence-corrected chi connectivity index (χ2v) is 4.65. The van der Waals surface area contributed by atoms with Crippen LogP contribution in [0, 0.1) is 5.92 Å². The first kappa shape index (κ1) is 15.2. The van der Waals surface area contributed by atoms with Crippen LogP contribution in [-0.2, 0) is 4.79 Å². The van der Waals surface area contributed by atoms with Gasteiger partial charge in [-0.3, -0.25) is 9.59 Å². The van der Waals surface area contributed by atoms with Crippen molar-refractivity contribution in [2.24, 2.45) is 5.92 Å². The first-order valence-corrected chi connectivity index (χ1v) is 6.15. The van der Waals surface area contributed by atoms with Gasteiger partial charge in [0, 0.05) is 19.7 Å². The summed E-state index contributed by atoms with van der Waals surface area (Å²) >= 11 is 0. The predicted octanol–water partition coefficient (Wildman–Crippen LogP) is 0.485. The Morgan fingerprint density at radius 1 is 1.47 bits per heavy atom. The van der Waals surface area contributed by atoms with Gasteiger partial charge in [0.25, 0.3) is 5.91 Å². The zero-order chi connectivity index (χ0) is 14.4. The molecule has 0 saturated heterocycles. The van der Waals surface area contributed by atoms with E-state index < -0.39 is 0 Å². The summed E-state index contributed by atoms with van der Waals surface area (Å²) in [6.07, 6.45) is 1.41. The molecule has 6 nitrogen and oxygen atoms in total. The van der Waals surface area contributed by atoms with Crippen LogP contribution in [0.1, 0.15) is 24.4 Å². The maximum atomic E-state index is 11.8. The van der Waals surface area contributed by atoms with E-state index in [4.69, 9.17) is 9.52 Å². The molecule has 1 aromatic rings. The van der Waals surface area contributed by atoms with E-state index in [9.17, 15) is 9.59 Å². The Balaban J connectivity index is 2.46. The molecule has 0 radical (unpaired) electrons. The highest BCUT2D eigenvalue weighted by Crippen LogP contribution is 2.04. The van der Waals surface area contributed by atoms with Gasteiger partial charge in [0.15, 0.2) is 5.76 Å². The quantitative estimate of drug-likeness (QED) is 0.786. The number of hydrogen-bond donors (Lipinski definition) is 2. The standard InChI is InChI=1S/C13H20N2O4/c1-9(8-16)10(2)14-12(17)7-15(3)13(18)11-5-4-6-19-11/h4-6,9-10,16H,7-8H2,1-3H3,(H,14,17). The molecule has 0 aliphatic rings. The second-order valence-electron chi connectivity index (χ2n) is 4.65. The number of aliphatic hydroxyl groups excluding tert-OH is 1. The van der Waals surface area contributed by atoms with Gasteiger partial charge in [-0.2, -0.15) is 0 Å². The number of carbonyl (C=O) groups is 2. The van der Waals surface area contributed by atoms with Crippen molar-refractivity contribution < 1.29 is 19.1 Å². The summed E-state index contributed by atoms with van der Waals surface area (Å²) in [4.78, 5) is 24.9. The molecule has 0 aliphatic heterocycles. The Kier molecular flexibility index (Phi) is 5.57. The molecular formula is C13H20N2O4. The fourth-order valence-electron chi connectivity index (χ4n) is 1.48. The summed E-state index contributed by atoms with van der Waals surface area (Å²) < 4.78 is 4.98. The largest absolute Gasteiger partial charge is 0.459 e. The third-order valence-electron chi connectivity index (χ3n) is 2.99. The van der Waals surface area contributed by atoms with Crippen molar-refractivity contribution in [3.05, 3.63) is 24.2 Å². The number of carbonyl (C=O) groups excluding carboxylic acids is 2. The molecule has 2 N–H and O–H groups in total. The van der Waals surface area contributed by atoms with Crippen LogP contribution in [0.4, 0.5) is 0 Å². The molecule has 1 aromatic heterocycles. The number of aliphatic hydroxyl groups is 1. The highest BCUT2D eigenvalue weighted by atomic mass is 16.3. The average Bonchev–Trinajstić information content (AvgIpc) is 2.90. The van der Waals surface area contributed by atoms with E-state index in [1.165, 1.54) is 18.2 Å². The van der Waals surface area contributed by atoms with Gasteiger partial charge in [-0.25, -0.2) is 0 Å².